The molecule has 1 fully saturated rings. The van der Waals surface area contributed by atoms with E-state index in [0.717, 1.165) is 5.56 Å². The third-order valence-corrected chi connectivity index (χ3v) is 5.11. The van der Waals surface area contributed by atoms with Gasteiger partial charge in [-0.15, -0.1) is 0 Å². The van der Waals surface area contributed by atoms with Gasteiger partial charge in [0.1, 0.15) is 0 Å². The zero-order chi connectivity index (χ0) is 20.8. The number of piperidine rings is 1. The van der Waals surface area contributed by atoms with E-state index in [2.05, 4.69) is 10.6 Å². The van der Waals surface area contributed by atoms with E-state index in [9.17, 15) is 14.4 Å². The van der Waals surface area contributed by atoms with Crippen LogP contribution in [0.1, 0.15) is 35.7 Å². The molecule has 0 bridgehead atoms. The topological polar surface area (TPSA) is 78.5 Å². The molecule has 0 saturated carbocycles. The van der Waals surface area contributed by atoms with E-state index < -0.39 is 0 Å². The van der Waals surface area contributed by atoms with Gasteiger partial charge in [0.05, 0.1) is 6.42 Å². The molecular formula is C22H24ClN3O3. The lowest BCUT2D eigenvalue weighted by Gasteiger charge is -2.32. The summed E-state index contributed by atoms with van der Waals surface area (Å²) in [6.45, 7) is 2.59. The van der Waals surface area contributed by atoms with Crippen LogP contribution in [0.5, 0.6) is 0 Å². The van der Waals surface area contributed by atoms with Crippen molar-refractivity contribution in [2.75, 3.05) is 18.4 Å². The lowest BCUT2D eigenvalue weighted by Crippen LogP contribution is -2.46. The summed E-state index contributed by atoms with van der Waals surface area (Å²) in [6.07, 6.45) is 1.74. The number of carbonyl (C=O) groups is 3. The van der Waals surface area contributed by atoms with Gasteiger partial charge >= 0.3 is 0 Å². The Morgan fingerprint density at radius 2 is 1.76 bits per heavy atom. The number of likely N-dealkylation sites (tertiary alicyclic amines) is 1. The number of nitrogens with one attached hydrogen (secondary N) is 2. The Morgan fingerprint density at radius 3 is 2.41 bits per heavy atom. The number of rotatable bonds is 5. The van der Waals surface area contributed by atoms with Crippen molar-refractivity contribution in [1.29, 1.82) is 0 Å². The van der Waals surface area contributed by atoms with Crippen molar-refractivity contribution in [3.8, 4) is 0 Å². The molecule has 0 aromatic heterocycles. The first kappa shape index (κ1) is 20.9. The van der Waals surface area contributed by atoms with Gasteiger partial charge in [0.2, 0.25) is 11.8 Å². The largest absolute Gasteiger partial charge is 0.353 e. The van der Waals surface area contributed by atoms with Crippen LogP contribution in [0.4, 0.5) is 5.69 Å². The van der Waals surface area contributed by atoms with Gasteiger partial charge in [0, 0.05) is 42.3 Å². The molecule has 2 N–H and O–H groups in total. The standard InChI is InChI=1S/C22H24ClN3O3/c1-15(27)24-20-4-2-3-17(14-20)22(29)26-11-9-19(10-12-26)25-21(28)13-16-5-7-18(23)8-6-16/h2-8,14,19H,9-13H2,1H3,(H,24,27)(H,25,28). The number of nitrogens with zero attached hydrogens (tertiary/aromatic N) is 1. The van der Waals surface area contributed by atoms with Gasteiger partial charge < -0.3 is 15.5 Å². The second kappa shape index (κ2) is 9.56. The Hall–Kier alpha value is -2.86. The van der Waals surface area contributed by atoms with Gasteiger partial charge in [-0.3, -0.25) is 14.4 Å². The van der Waals surface area contributed by atoms with Crippen LogP contribution < -0.4 is 10.6 Å². The molecular weight excluding hydrogens is 390 g/mol. The lowest BCUT2D eigenvalue weighted by atomic mass is 10.0. The molecule has 1 aliphatic heterocycles. The summed E-state index contributed by atoms with van der Waals surface area (Å²) in [5.74, 6) is -0.270. The SMILES string of the molecule is CC(=O)Nc1cccc(C(=O)N2CCC(NC(=O)Cc3ccc(Cl)cc3)CC2)c1. The average molecular weight is 414 g/mol. The van der Waals surface area contributed by atoms with Crippen LogP contribution in [0, 0.1) is 0 Å². The van der Waals surface area contributed by atoms with Gasteiger partial charge in [0.15, 0.2) is 0 Å². The van der Waals surface area contributed by atoms with Crippen molar-refractivity contribution in [1.82, 2.24) is 10.2 Å². The fraction of sp³-hybridized carbons (Fsp3) is 0.318. The number of anilines is 1. The fourth-order valence-corrected chi connectivity index (χ4v) is 3.54. The molecule has 2 aromatic rings. The van der Waals surface area contributed by atoms with Crippen molar-refractivity contribution in [3.63, 3.8) is 0 Å². The molecule has 1 heterocycles. The van der Waals surface area contributed by atoms with Gasteiger partial charge in [0.25, 0.3) is 5.91 Å². The third-order valence-electron chi connectivity index (χ3n) is 4.86. The molecule has 0 spiro atoms. The molecule has 3 rings (SSSR count). The first-order valence-electron chi connectivity index (χ1n) is 9.61. The molecule has 0 unspecified atom stereocenters. The van der Waals surface area contributed by atoms with Crippen LogP contribution in [0.25, 0.3) is 0 Å². The second-order valence-corrected chi connectivity index (χ2v) is 7.64. The molecule has 0 atom stereocenters. The van der Waals surface area contributed by atoms with E-state index in [1.807, 2.05) is 12.1 Å². The predicted octanol–water partition coefficient (Wildman–Crippen LogP) is 3.26. The minimum absolute atomic E-state index is 0.0277. The zero-order valence-electron chi connectivity index (χ0n) is 16.3. The Morgan fingerprint density at radius 1 is 1.07 bits per heavy atom. The number of hydrogen-bond acceptors (Lipinski definition) is 3. The Labute approximate surface area is 175 Å². The van der Waals surface area contributed by atoms with Crippen LogP contribution >= 0.6 is 11.6 Å². The quantitative estimate of drug-likeness (QED) is 0.789. The van der Waals surface area contributed by atoms with Gasteiger partial charge in [-0.2, -0.15) is 0 Å². The molecule has 0 aliphatic carbocycles. The molecule has 0 radical (unpaired) electrons. The van der Waals surface area contributed by atoms with Gasteiger partial charge in [-0.05, 0) is 48.7 Å². The molecule has 29 heavy (non-hydrogen) atoms. The average Bonchev–Trinajstić information content (AvgIpc) is 2.69. The summed E-state index contributed by atoms with van der Waals surface area (Å²) in [5.41, 5.74) is 2.06. The predicted molar refractivity (Wildman–Crippen MR) is 113 cm³/mol. The molecule has 1 aliphatic rings. The normalized spacial score (nSPS) is 14.3. The van der Waals surface area contributed by atoms with Crippen molar-refractivity contribution < 1.29 is 14.4 Å². The maximum Gasteiger partial charge on any atom is 0.253 e. The minimum atomic E-state index is -0.176. The maximum atomic E-state index is 12.8. The van der Waals surface area contributed by atoms with Crippen LogP contribution in [0.2, 0.25) is 5.02 Å². The second-order valence-electron chi connectivity index (χ2n) is 7.20. The third kappa shape index (κ3) is 6.06. The monoisotopic (exact) mass is 413 g/mol. The maximum absolute atomic E-state index is 12.8. The highest BCUT2D eigenvalue weighted by Gasteiger charge is 2.24. The summed E-state index contributed by atoms with van der Waals surface area (Å²) >= 11 is 5.87. The Balaban J connectivity index is 1.49. The smallest absolute Gasteiger partial charge is 0.253 e. The molecule has 7 heteroatoms. The van der Waals surface area contributed by atoms with Crippen molar-refractivity contribution >= 4 is 35.0 Å². The summed E-state index contributed by atoms with van der Waals surface area (Å²) in [5, 5.41) is 6.39. The van der Waals surface area contributed by atoms with E-state index in [0.29, 0.717) is 48.6 Å². The highest BCUT2D eigenvalue weighted by Crippen LogP contribution is 2.17. The number of carbonyl (C=O) groups excluding carboxylic acids is 3. The fourth-order valence-electron chi connectivity index (χ4n) is 3.41. The number of benzene rings is 2. The summed E-state index contributed by atoms with van der Waals surface area (Å²) in [7, 11) is 0. The van der Waals surface area contributed by atoms with Gasteiger partial charge in [-0.25, -0.2) is 0 Å². The van der Waals surface area contributed by atoms with Crippen LogP contribution in [0.3, 0.4) is 0 Å². The first-order valence-corrected chi connectivity index (χ1v) is 9.99. The van der Waals surface area contributed by atoms with E-state index in [1.54, 1.807) is 41.3 Å². The van der Waals surface area contributed by atoms with Crippen molar-refractivity contribution in [2.45, 2.75) is 32.2 Å². The van der Waals surface area contributed by atoms with E-state index in [-0.39, 0.29) is 23.8 Å². The van der Waals surface area contributed by atoms with Crippen LogP contribution in [-0.2, 0) is 16.0 Å². The first-order chi connectivity index (χ1) is 13.9. The number of halogens is 1. The lowest BCUT2D eigenvalue weighted by molar-refractivity contribution is -0.121. The van der Waals surface area contributed by atoms with E-state index in [4.69, 9.17) is 11.6 Å². The van der Waals surface area contributed by atoms with E-state index >= 15 is 0 Å². The minimum Gasteiger partial charge on any atom is -0.353 e. The summed E-state index contributed by atoms with van der Waals surface area (Å²) in [4.78, 5) is 38.0. The van der Waals surface area contributed by atoms with Crippen LogP contribution in [0.15, 0.2) is 48.5 Å². The highest BCUT2D eigenvalue weighted by atomic mass is 35.5. The molecule has 6 nitrogen and oxygen atoms in total. The van der Waals surface area contributed by atoms with Crippen molar-refractivity contribution in [3.05, 3.63) is 64.7 Å². The number of hydrogen-bond donors (Lipinski definition) is 2. The Kier molecular flexibility index (Phi) is 6.88. The zero-order valence-corrected chi connectivity index (χ0v) is 17.0. The van der Waals surface area contributed by atoms with E-state index in [1.165, 1.54) is 6.92 Å². The Bertz CT molecular complexity index is 890. The molecule has 152 valence electrons. The highest BCUT2D eigenvalue weighted by molar-refractivity contribution is 6.30. The molecule has 2 aromatic carbocycles. The molecule has 1 saturated heterocycles. The number of amides is 3. The van der Waals surface area contributed by atoms with Crippen molar-refractivity contribution in [2.24, 2.45) is 0 Å². The molecule has 3 amide bonds. The van der Waals surface area contributed by atoms with Gasteiger partial charge in [-0.1, -0.05) is 29.8 Å². The summed E-state index contributed by atoms with van der Waals surface area (Å²) in [6, 6.07) is 14.2. The van der Waals surface area contributed by atoms with Crippen LogP contribution in [-0.4, -0.2) is 41.8 Å². The summed E-state index contributed by atoms with van der Waals surface area (Å²) < 4.78 is 0.